The second-order valence-corrected chi connectivity index (χ2v) is 4.65. The van der Waals surface area contributed by atoms with E-state index < -0.39 is 6.10 Å². The first-order valence-electron chi connectivity index (χ1n) is 7.57. The fourth-order valence-electron chi connectivity index (χ4n) is 2.22. The maximum absolute atomic E-state index is 12.5. The lowest BCUT2D eigenvalue weighted by molar-refractivity contribution is 0.0474. The number of rotatable bonds is 4. The Hall–Kier alpha value is -2.21. The maximum atomic E-state index is 12.5. The highest BCUT2D eigenvalue weighted by atomic mass is 16.3. The van der Waals surface area contributed by atoms with Crippen molar-refractivity contribution in [2.45, 2.75) is 32.8 Å². The Kier molecular flexibility index (Phi) is 7.85. The number of likely N-dealkylation sites (tertiary alicyclic amines) is 1. The van der Waals surface area contributed by atoms with Crippen molar-refractivity contribution in [1.29, 1.82) is 5.41 Å². The number of aliphatic hydroxyl groups excluding tert-OH is 1. The van der Waals surface area contributed by atoms with Gasteiger partial charge in [0.05, 0.1) is 23.6 Å². The van der Waals surface area contributed by atoms with Crippen LogP contribution >= 0.6 is 0 Å². The van der Waals surface area contributed by atoms with Gasteiger partial charge >= 0.3 is 0 Å². The van der Waals surface area contributed by atoms with Gasteiger partial charge in [-0.25, -0.2) is 0 Å². The largest absolute Gasteiger partial charge is 0.391 e. The van der Waals surface area contributed by atoms with Crippen LogP contribution in [0.15, 0.2) is 29.4 Å². The van der Waals surface area contributed by atoms with Gasteiger partial charge in [-0.1, -0.05) is 26.0 Å². The Morgan fingerprint density at radius 3 is 2.86 bits per heavy atom. The van der Waals surface area contributed by atoms with Crippen LogP contribution in [0.2, 0.25) is 0 Å². The van der Waals surface area contributed by atoms with E-state index in [0.29, 0.717) is 24.3 Å². The number of nitrogens with zero attached hydrogens (tertiary/aromatic N) is 2. The molecule has 0 aromatic heterocycles. The molecule has 1 aliphatic rings. The van der Waals surface area contributed by atoms with Crippen LogP contribution in [0.4, 0.5) is 5.69 Å². The number of amides is 1. The Morgan fingerprint density at radius 2 is 2.18 bits per heavy atom. The Bertz CT molecular complexity index is 517. The Morgan fingerprint density at radius 1 is 1.45 bits per heavy atom. The minimum Gasteiger partial charge on any atom is -0.391 e. The SMILES string of the molecule is CC.N=C/C=N\Nc1ccccc1C(=O)N1CCCC(O)C1. The predicted octanol–water partition coefficient (Wildman–Crippen LogP) is 2.36. The van der Waals surface area contributed by atoms with E-state index in [1.54, 1.807) is 23.1 Å². The fraction of sp³-hybridized carbons (Fsp3) is 0.438. The maximum Gasteiger partial charge on any atom is 0.256 e. The average Bonchev–Trinajstić information content (AvgIpc) is 2.57. The highest BCUT2D eigenvalue weighted by Crippen LogP contribution is 2.20. The molecule has 3 N–H and O–H groups in total. The summed E-state index contributed by atoms with van der Waals surface area (Å²) in [6, 6.07) is 7.09. The number of nitrogens with one attached hydrogen (secondary N) is 2. The summed E-state index contributed by atoms with van der Waals surface area (Å²) in [4.78, 5) is 14.1. The fourth-order valence-corrected chi connectivity index (χ4v) is 2.22. The van der Waals surface area contributed by atoms with Gasteiger partial charge in [0.2, 0.25) is 0 Å². The molecule has 1 atom stereocenters. The van der Waals surface area contributed by atoms with E-state index in [0.717, 1.165) is 19.1 Å². The molecular formula is C16H24N4O2. The summed E-state index contributed by atoms with van der Waals surface area (Å²) in [5.74, 6) is -0.114. The van der Waals surface area contributed by atoms with E-state index >= 15 is 0 Å². The topological polar surface area (TPSA) is 88.8 Å². The van der Waals surface area contributed by atoms with Gasteiger partial charge in [-0.3, -0.25) is 10.2 Å². The smallest absolute Gasteiger partial charge is 0.256 e. The molecule has 1 aliphatic heterocycles. The van der Waals surface area contributed by atoms with Crippen LogP contribution in [0.3, 0.4) is 0 Å². The van der Waals surface area contributed by atoms with Crippen LogP contribution in [-0.4, -0.2) is 47.5 Å². The lowest BCUT2D eigenvalue weighted by Gasteiger charge is -2.30. The number of β-amino-alcohol motifs (C(OH)–C–C–N with tert-alkyl or cyclic N) is 1. The molecule has 2 rings (SSSR count). The number of benzene rings is 1. The molecule has 1 amide bonds. The average molecular weight is 304 g/mol. The van der Waals surface area contributed by atoms with Crippen LogP contribution in [0.5, 0.6) is 0 Å². The van der Waals surface area contributed by atoms with Crippen molar-refractivity contribution < 1.29 is 9.90 Å². The molecule has 6 heteroatoms. The third-order valence-electron chi connectivity index (χ3n) is 3.18. The molecule has 1 aromatic rings. The van der Waals surface area contributed by atoms with E-state index in [-0.39, 0.29) is 5.91 Å². The van der Waals surface area contributed by atoms with Crippen molar-refractivity contribution in [1.82, 2.24) is 4.90 Å². The molecule has 120 valence electrons. The number of hydrogen-bond acceptors (Lipinski definition) is 5. The summed E-state index contributed by atoms with van der Waals surface area (Å²) in [6.45, 7) is 5.03. The second-order valence-electron chi connectivity index (χ2n) is 4.65. The number of hydrazone groups is 1. The van der Waals surface area contributed by atoms with Gasteiger partial charge in [0.1, 0.15) is 0 Å². The number of carbonyl (C=O) groups is 1. The van der Waals surface area contributed by atoms with Gasteiger partial charge in [0, 0.05) is 19.3 Å². The third kappa shape index (κ3) is 4.96. The van der Waals surface area contributed by atoms with Crippen LogP contribution in [0, 0.1) is 5.41 Å². The quantitative estimate of drug-likeness (QED) is 0.589. The Labute approximate surface area is 131 Å². The minimum absolute atomic E-state index is 0.114. The molecule has 1 saturated heterocycles. The summed E-state index contributed by atoms with van der Waals surface area (Å²) in [7, 11) is 0. The van der Waals surface area contributed by atoms with Crippen molar-refractivity contribution in [2.24, 2.45) is 5.10 Å². The molecule has 1 aromatic carbocycles. The summed E-state index contributed by atoms with van der Waals surface area (Å²) in [5, 5.41) is 20.4. The number of carbonyl (C=O) groups excluding carboxylic acids is 1. The number of piperidine rings is 1. The van der Waals surface area contributed by atoms with Crippen LogP contribution in [0.25, 0.3) is 0 Å². The molecule has 0 radical (unpaired) electrons. The van der Waals surface area contributed by atoms with Crippen molar-refractivity contribution in [3.8, 4) is 0 Å². The molecule has 0 aliphatic carbocycles. The van der Waals surface area contributed by atoms with E-state index in [1.807, 2.05) is 19.9 Å². The zero-order valence-electron chi connectivity index (χ0n) is 13.1. The number of para-hydroxylation sites is 1. The highest BCUT2D eigenvalue weighted by molar-refractivity contribution is 6.14. The molecule has 22 heavy (non-hydrogen) atoms. The Balaban J connectivity index is 0.00000116. The van der Waals surface area contributed by atoms with E-state index in [9.17, 15) is 9.90 Å². The summed E-state index contributed by atoms with van der Waals surface area (Å²) in [5.41, 5.74) is 3.86. The molecule has 0 bridgehead atoms. The van der Waals surface area contributed by atoms with Gasteiger partial charge in [0.15, 0.2) is 0 Å². The molecule has 0 saturated carbocycles. The molecule has 6 nitrogen and oxygen atoms in total. The van der Waals surface area contributed by atoms with E-state index in [4.69, 9.17) is 5.41 Å². The predicted molar refractivity (Wildman–Crippen MR) is 89.8 cm³/mol. The van der Waals surface area contributed by atoms with Crippen molar-refractivity contribution >= 4 is 24.0 Å². The lowest BCUT2D eigenvalue weighted by Crippen LogP contribution is -2.42. The van der Waals surface area contributed by atoms with Gasteiger partial charge < -0.3 is 15.4 Å². The number of hydrogen-bond donors (Lipinski definition) is 3. The van der Waals surface area contributed by atoms with Crippen LogP contribution < -0.4 is 5.43 Å². The van der Waals surface area contributed by atoms with Crippen LogP contribution in [-0.2, 0) is 0 Å². The summed E-state index contributed by atoms with van der Waals surface area (Å²) < 4.78 is 0. The van der Waals surface area contributed by atoms with E-state index in [2.05, 4.69) is 10.5 Å². The molecule has 1 heterocycles. The zero-order valence-corrected chi connectivity index (χ0v) is 13.1. The normalized spacial score (nSPS) is 17.6. The molecular weight excluding hydrogens is 280 g/mol. The first-order chi connectivity index (χ1) is 10.7. The second kappa shape index (κ2) is 9.68. The minimum atomic E-state index is -0.441. The highest BCUT2D eigenvalue weighted by Gasteiger charge is 2.24. The van der Waals surface area contributed by atoms with Gasteiger partial charge in [-0.15, -0.1) is 0 Å². The first kappa shape index (κ1) is 17.8. The summed E-state index contributed by atoms with van der Waals surface area (Å²) in [6.07, 6.45) is 3.47. The van der Waals surface area contributed by atoms with Gasteiger partial charge in [0.25, 0.3) is 5.91 Å². The zero-order chi connectivity index (χ0) is 16.4. The van der Waals surface area contributed by atoms with Crippen molar-refractivity contribution in [3.63, 3.8) is 0 Å². The van der Waals surface area contributed by atoms with Crippen molar-refractivity contribution in [2.75, 3.05) is 18.5 Å². The third-order valence-corrected chi connectivity index (χ3v) is 3.18. The lowest BCUT2D eigenvalue weighted by atomic mass is 10.1. The number of anilines is 1. The summed E-state index contributed by atoms with van der Waals surface area (Å²) >= 11 is 0. The van der Waals surface area contributed by atoms with E-state index in [1.165, 1.54) is 6.21 Å². The molecule has 1 fully saturated rings. The first-order valence-corrected chi connectivity index (χ1v) is 7.57. The van der Waals surface area contributed by atoms with Crippen LogP contribution in [0.1, 0.15) is 37.0 Å². The van der Waals surface area contributed by atoms with Crippen molar-refractivity contribution in [3.05, 3.63) is 29.8 Å². The monoisotopic (exact) mass is 304 g/mol. The molecule has 1 unspecified atom stereocenters. The standard InChI is InChI=1S/C14H18N4O2.C2H6/c15-7-8-16-17-13-6-2-1-5-12(13)14(20)18-9-3-4-11(19)10-18;1-2/h1-2,5-8,11,15,17,19H,3-4,9-10H2;1-2H3/b15-7?,16-8-;. The number of aliphatic hydroxyl groups is 1. The molecule has 0 spiro atoms. The van der Waals surface area contributed by atoms with Gasteiger partial charge in [-0.2, -0.15) is 5.10 Å². The van der Waals surface area contributed by atoms with Gasteiger partial charge in [-0.05, 0) is 25.0 Å².